The van der Waals surface area contributed by atoms with E-state index in [1.54, 1.807) is 45.2 Å². The molecule has 0 spiro atoms. The molecule has 0 aromatic heterocycles. The Balaban J connectivity index is 0. The Kier molecular flexibility index (Phi) is 14.9. The predicted molar refractivity (Wildman–Crippen MR) is 114 cm³/mol. The monoisotopic (exact) mass is 393 g/mol. The number of nitroso groups, excluding NO2 is 2. The first-order valence-electron chi connectivity index (χ1n) is 8.97. The summed E-state index contributed by atoms with van der Waals surface area (Å²) < 4.78 is 0. The van der Waals surface area contributed by atoms with Crippen LogP contribution in [0.1, 0.15) is 36.1 Å². The maximum atomic E-state index is 10.2. The number of aromatic hydroxyl groups is 2. The molecule has 0 aliphatic heterocycles. The number of hydrogen-bond donors (Lipinski definition) is 4. The van der Waals surface area contributed by atoms with Gasteiger partial charge >= 0.3 is 0 Å². The predicted octanol–water partition coefficient (Wildman–Crippen LogP) is 3.75. The zero-order valence-corrected chi connectivity index (χ0v) is 17.6. The highest BCUT2D eigenvalue weighted by molar-refractivity contribution is 5.52. The number of phenolic OH excluding ortho intramolecular Hbond substituents is 2. The van der Waals surface area contributed by atoms with E-state index in [1.807, 2.05) is 13.8 Å². The van der Waals surface area contributed by atoms with Crippen LogP contribution in [0.3, 0.4) is 0 Å². The van der Waals surface area contributed by atoms with Crippen molar-refractivity contribution < 1.29 is 15.9 Å². The number of phenols is 2. The minimum Gasteiger partial charge on any atom is -0.507 e. The van der Waals surface area contributed by atoms with Gasteiger partial charge in [-0.15, -0.1) is 9.81 Å². The number of quaternary nitrogens is 1. The largest absolute Gasteiger partial charge is 0.507 e. The molecule has 2 rings (SSSR count). The lowest BCUT2D eigenvalue weighted by atomic mass is 10.1. The summed E-state index contributed by atoms with van der Waals surface area (Å²) in [5.74, 6) is 0.537. The van der Waals surface area contributed by atoms with Crippen molar-refractivity contribution in [1.82, 2.24) is 0 Å². The number of nitrogens with zero attached hydrogens (tertiary/aromatic N) is 2. The van der Waals surface area contributed by atoms with Gasteiger partial charge in [-0.3, -0.25) is 0 Å². The fourth-order valence-corrected chi connectivity index (χ4v) is 2.31. The molecule has 0 saturated carbocycles. The van der Waals surface area contributed by atoms with Gasteiger partial charge in [0.25, 0.3) is 0 Å². The molecule has 0 fully saturated rings. The number of rotatable bonds is 4. The van der Waals surface area contributed by atoms with E-state index in [-0.39, 0.29) is 11.5 Å². The first-order chi connectivity index (χ1) is 13.4. The number of aryl methyl sites for hydroxylation is 4. The van der Waals surface area contributed by atoms with Crippen LogP contribution in [0.25, 0.3) is 0 Å². The van der Waals surface area contributed by atoms with Gasteiger partial charge in [0.1, 0.15) is 22.9 Å². The topological polar surface area (TPSA) is 153 Å². The maximum Gasteiger partial charge on any atom is 0.121 e. The van der Waals surface area contributed by atoms with Crippen LogP contribution >= 0.6 is 0 Å². The van der Waals surface area contributed by atoms with Gasteiger partial charge in [0.15, 0.2) is 0 Å². The quantitative estimate of drug-likeness (QED) is 0.582. The maximum absolute atomic E-state index is 10.2. The number of benzene rings is 2. The highest BCUT2D eigenvalue weighted by Crippen LogP contribution is 2.28. The first kappa shape index (κ1) is 27.4. The third kappa shape index (κ3) is 8.24. The van der Waals surface area contributed by atoms with Crippen LogP contribution in [0.2, 0.25) is 0 Å². The zero-order valence-electron chi connectivity index (χ0n) is 17.6. The van der Waals surface area contributed by atoms with Gasteiger partial charge in [-0.05, 0) is 90.6 Å². The molecule has 2 aromatic carbocycles. The minimum atomic E-state index is 0.268. The van der Waals surface area contributed by atoms with Gasteiger partial charge in [-0.25, -0.2) is 0 Å². The lowest BCUT2D eigenvalue weighted by Gasteiger charge is -2.04. The van der Waals surface area contributed by atoms with E-state index in [2.05, 4.69) is 21.8 Å². The Morgan fingerprint density at radius 3 is 1.29 bits per heavy atom. The summed E-state index contributed by atoms with van der Waals surface area (Å²) in [6, 6.07) is 6.35. The Bertz CT molecular complexity index is 686. The third-order valence-corrected chi connectivity index (χ3v) is 3.70. The van der Waals surface area contributed by atoms with Crippen LogP contribution in [-0.2, 0) is 12.8 Å². The van der Waals surface area contributed by atoms with E-state index < -0.39 is 0 Å². The van der Waals surface area contributed by atoms with Crippen LogP contribution in [0.4, 0.5) is 11.4 Å². The van der Waals surface area contributed by atoms with E-state index in [0.717, 1.165) is 11.1 Å². The van der Waals surface area contributed by atoms with E-state index in [4.69, 9.17) is 0 Å². The highest BCUT2D eigenvalue weighted by Gasteiger charge is 2.05. The van der Waals surface area contributed by atoms with Gasteiger partial charge in [0, 0.05) is 0 Å². The van der Waals surface area contributed by atoms with Crippen molar-refractivity contribution in [2.45, 2.75) is 40.5 Å². The second-order valence-electron chi connectivity index (χ2n) is 5.43. The molecule has 0 heterocycles. The van der Waals surface area contributed by atoms with Crippen molar-refractivity contribution in [3.63, 3.8) is 0 Å². The molecule has 156 valence electrons. The summed E-state index contributed by atoms with van der Waals surface area (Å²) in [4.78, 5) is 20.4. The molecule has 8 heteroatoms. The number of hydrogen-bond acceptors (Lipinski definition) is 7. The van der Waals surface area contributed by atoms with E-state index >= 15 is 0 Å². The average Bonchev–Trinajstić information content (AvgIpc) is 2.75. The molecule has 0 aliphatic rings. The SMILES string of the molecule is CCc1cc(N=O)cc(C)c1O.CCc1cc(N=O)cc(C)c1O.CN.C[NH3+]. The Hall–Kier alpha value is -2.84. The van der Waals surface area contributed by atoms with Gasteiger partial charge in [-0.1, -0.05) is 13.8 Å². The Labute approximate surface area is 166 Å². The lowest BCUT2D eigenvalue weighted by molar-refractivity contribution is -0.325. The minimum absolute atomic E-state index is 0.268. The Morgan fingerprint density at radius 1 is 0.786 bits per heavy atom. The second-order valence-corrected chi connectivity index (χ2v) is 5.43. The van der Waals surface area contributed by atoms with Gasteiger partial charge in [0.05, 0.1) is 7.05 Å². The molecule has 0 amide bonds. The van der Waals surface area contributed by atoms with Crippen LogP contribution in [0.5, 0.6) is 11.5 Å². The van der Waals surface area contributed by atoms with Gasteiger partial charge < -0.3 is 21.7 Å². The summed E-state index contributed by atoms with van der Waals surface area (Å²) in [6.07, 6.45) is 1.41. The van der Waals surface area contributed by atoms with Crippen LogP contribution in [0, 0.1) is 23.7 Å². The first-order valence-corrected chi connectivity index (χ1v) is 8.97. The van der Waals surface area contributed by atoms with Crippen LogP contribution < -0.4 is 11.5 Å². The molecule has 28 heavy (non-hydrogen) atoms. The molecule has 7 N–H and O–H groups in total. The highest BCUT2D eigenvalue weighted by atomic mass is 16.3. The molecular weight excluding hydrogens is 360 g/mol. The normalized spacial score (nSPS) is 8.86. The summed E-state index contributed by atoms with van der Waals surface area (Å²) in [6.45, 7) is 7.35. The molecule has 0 aliphatic carbocycles. The van der Waals surface area contributed by atoms with Crippen molar-refractivity contribution in [3.05, 3.63) is 56.3 Å². The van der Waals surface area contributed by atoms with Gasteiger partial charge in [0.2, 0.25) is 0 Å². The smallest absolute Gasteiger partial charge is 0.121 e. The number of nitrogens with two attached hydrogens (primary N) is 1. The standard InChI is InChI=1S/2C9H11NO2.2CH5N/c2*1-3-7-5-8(10-12)4-6(2)9(7)11;2*1-2/h2*4-5,11H,3H2,1-2H3;2*2H2,1H3/p+1. The van der Waals surface area contributed by atoms with Crippen molar-refractivity contribution >= 4 is 11.4 Å². The summed E-state index contributed by atoms with van der Waals surface area (Å²) >= 11 is 0. The summed E-state index contributed by atoms with van der Waals surface area (Å²) in [7, 11) is 3.25. The molecule has 0 unspecified atom stereocenters. The van der Waals surface area contributed by atoms with E-state index in [0.29, 0.717) is 35.3 Å². The van der Waals surface area contributed by atoms with E-state index in [1.165, 1.54) is 7.05 Å². The van der Waals surface area contributed by atoms with Crippen molar-refractivity contribution in [2.24, 2.45) is 16.1 Å². The average molecular weight is 394 g/mol. The zero-order chi connectivity index (χ0) is 22.3. The molecule has 2 aromatic rings. The molecule has 0 bridgehead atoms. The molecule has 0 saturated heterocycles. The summed E-state index contributed by atoms with van der Waals surface area (Å²) in [5.41, 5.74) is 11.4. The molecule has 0 radical (unpaired) electrons. The Morgan fingerprint density at radius 2 is 1.07 bits per heavy atom. The third-order valence-electron chi connectivity index (χ3n) is 3.70. The van der Waals surface area contributed by atoms with Crippen LogP contribution in [-0.4, -0.2) is 24.3 Å². The fourth-order valence-electron chi connectivity index (χ4n) is 2.31. The lowest BCUT2D eigenvalue weighted by Crippen LogP contribution is -2.40. The molecule has 8 nitrogen and oxygen atoms in total. The van der Waals surface area contributed by atoms with Crippen LogP contribution in [0.15, 0.2) is 34.6 Å². The van der Waals surface area contributed by atoms with Crippen molar-refractivity contribution in [3.8, 4) is 11.5 Å². The molecular formula is C20H33N4O4+. The fraction of sp³-hybridized carbons (Fsp3) is 0.400. The van der Waals surface area contributed by atoms with Crippen molar-refractivity contribution in [1.29, 1.82) is 0 Å². The van der Waals surface area contributed by atoms with Gasteiger partial charge in [-0.2, -0.15) is 0 Å². The summed E-state index contributed by atoms with van der Waals surface area (Å²) in [5, 5.41) is 24.6. The molecule has 0 atom stereocenters. The second kappa shape index (κ2) is 15.2. The van der Waals surface area contributed by atoms with E-state index in [9.17, 15) is 20.0 Å². The van der Waals surface area contributed by atoms with Crippen molar-refractivity contribution in [2.75, 3.05) is 14.1 Å².